The maximum atomic E-state index is 13.3. The van der Waals surface area contributed by atoms with Crippen molar-refractivity contribution in [2.24, 2.45) is 5.92 Å². The van der Waals surface area contributed by atoms with Crippen molar-refractivity contribution >= 4 is 23.6 Å². The van der Waals surface area contributed by atoms with Crippen LogP contribution in [0.15, 0.2) is 42.5 Å². The van der Waals surface area contributed by atoms with Gasteiger partial charge in [-0.1, -0.05) is 62.4 Å². The third kappa shape index (κ3) is 9.77. The predicted octanol–water partition coefficient (Wildman–Crippen LogP) is 1.08. The average molecular weight is 533 g/mol. The number of rotatable bonds is 14. The van der Waals surface area contributed by atoms with Crippen molar-refractivity contribution in [3.05, 3.63) is 59.2 Å². The van der Waals surface area contributed by atoms with E-state index >= 15 is 0 Å². The van der Waals surface area contributed by atoms with Gasteiger partial charge >= 0.3 is 18.9 Å². The van der Waals surface area contributed by atoms with E-state index in [0.29, 0.717) is 30.2 Å². The Balaban J connectivity index is 0.00000507. The number of amides is 1. The Morgan fingerprint density at radius 3 is 2.47 bits per heavy atom. The van der Waals surface area contributed by atoms with E-state index in [1.54, 1.807) is 6.07 Å². The third-order valence-corrected chi connectivity index (χ3v) is 8.02. The molecule has 0 radical (unpaired) electrons. The summed E-state index contributed by atoms with van der Waals surface area (Å²) in [5, 5.41) is 27.6. The van der Waals surface area contributed by atoms with Gasteiger partial charge in [0.15, 0.2) is 0 Å². The zero-order valence-electron chi connectivity index (χ0n) is 23.1. The molecule has 0 unspecified atom stereocenters. The van der Waals surface area contributed by atoms with Crippen molar-refractivity contribution in [3.8, 4) is 11.1 Å². The van der Waals surface area contributed by atoms with E-state index in [-0.39, 0.29) is 31.5 Å². The van der Waals surface area contributed by atoms with Crippen molar-refractivity contribution < 1.29 is 38.7 Å². The van der Waals surface area contributed by atoms with Gasteiger partial charge in [-0.3, -0.25) is 4.79 Å². The zero-order valence-corrected chi connectivity index (χ0v) is 23.9. The number of benzene rings is 2. The molecule has 0 spiro atoms. The van der Waals surface area contributed by atoms with Gasteiger partial charge in [0, 0.05) is 24.8 Å². The SMILES string of the molecule is CSCC[C@H](NC(=O)c1ccc(CN[C@H](CCO)CC2CCCCC2)cc1-c1ccccc1C)C(=O)[O-].[Li+]. The van der Waals surface area contributed by atoms with Crippen LogP contribution in [0.25, 0.3) is 11.1 Å². The summed E-state index contributed by atoms with van der Waals surface area (Å²) in [6, 6.07) is 12.8. The molecule has 6 nitrogen and oxygen atoms in total. The van der Waals surface area contributed by atoms with E-state index in [1.165, 1.54) is 43.9 Å². The number of hydrogen-bond donors (Lipinski definition) is 3. The van der Waals surface area contributed by atoms with E-state index < -0.39 is 17.9 Å². The number of carboxylic acids is 1. The Morgan fingerprint density at radius 2 is 1.82 bits per heavy atom. The number of aliphatic carboxylic acids is 1. The van der Waals surface area contributed by atoms with Gasteiger partial charge in [0.2, 0.25) is 0 Å². The molecule has 1 aliphatic rings. The van der Waals surface area contributed by atoms with Crippen LogP contribution in [-0.4, -0.2) is 47.7 Å². The molecule has 8 heteroatoms. The van der Waals surface area contributed by atoms with Gasteiger partial charge in [0.1, 0.15) is 0 Å². The first-order valence-electron chi connectivity index (χ1n) is 13.5. The number of hydrogen-bond acceptors (Lipinski definition) is 6. The monoisotopic (exact) mass is 532 g/mol. The maximum absolute atomic E-state index is 13.3. The van der Waals surface area contributed by atoms with Gasteiger partial charge in [-0.2, -0.15) is 11.8 Å². The number of aryl methyl sites for hydroxylation is 1. The van der Waals surface area contributed by atoms with Crippen LogP contribution in [0, 0.1) is 12.8 Å². The van der Waals surface area contributed by atoms with Gasteiger partial charge in [0.05, 0.1) is 12.0 Å². The van der Waals surface area contributed by atoms with Crippen LogP contribution in [0.1, 0.15) is 72.9 Å². The Morgan fingerprint density at radius 1 is 1.08 bits per heavy atom. The number of thioether (sulfide) groups is 1. The number of carbonyl (C=O) groups excluding carboxylic acids is 2. The molecule has 0 heterocycles. The van der Waals surface area contributed by atoms with E-state index in [0.717, 1.165) is 35.1 Å². The second kappa shape index (κ2) is 17.0. The third-order valence-electron chi connectivity index (χ3n) is 7.38. The minimum absolute atomic E-state index is 0. The maximum Gasteiger partial charge on any atom is 1.00 e. The first kappa shape index (κ1) is 32.5. The number of carbonyl (C=O) groups is 2. The molecule has 0 aromatic heterocycles. The van der Waals surface area contributed by atoms with Crippen molar-refractivity contribution in [1.82, 2.24) is 10.6 Å². The molecule has 202 valence electrons. The molecule has 1 saturated carbocycles. The summed E-state index contributed by atoms with van der Waals surface area (Å²) >= 11 is 1.53. The molecule has 0 saturated heterocycles. The van der Waals surface area contributed by atoms with E-state index in [2.05, 4.69) is 10.6 Å². The Kier molecular flexibility index (Phi) is 14.6. The van der Waals surface area contributed by atoms with E-state index in [1.807, 2.05) is 49.6 Å². The van der Waals surface area contributed by atoms with Crippen LogP contribution < -0.4 is 34.6 Å². The normalized spacial score (nSPS) is 15.3. The number of aliphatic hydroxyl groups is 1. The zero-order chi connectivity index (χ0) is 26.6. The average Bonchev–Trinajstić information content (AvgIpc) is 2.90. The second-order valence-electron chi connectivity index (χ2n) is 10.2. The van der Waals surface area contributed by atoms with Crippen molar-refractivity contribution in [1.29, 1.82) is 0 Å². The summed E-state index contributed by atoms with van der Waals surface area (Å²) < 4.78 is 0. The molecule has 2 aromatic rings. The molecule has 3 rings (SSSR count). The predicted molar refractivity (Wildman–Crippen MR) is 149 cm³/mol. The van der Waals surface area contributed by atoms with Gasteiger partial charge in [-0.25, -0.2) is 0 Å². The summed E-state index contributed by atoms with van der Waals surface area (Å²) in [5.74, 6) is -0.351. The van der Waals surface area contributed by atoms with Crippen LogP contribution in [0.4, 0.5) is 0 Å². The quantitative estimate of drug-likeness (QED) is 0.315. The largest absolute Gasteiger partial charge is 1.00 e. The summed E-state index contributed by atoms with van der Waals surface area (Å²) in [6.45, 7) is 2.80. The van der Waals surface area contributed by atoms with Crippen molar-refractivity contribution in [2.45, 2.75) is 76.9 Å². The molecule has 1 amide bonds. The van der Waals surface area contributed by atoms with Gasteiger partial charge < -0.3 is 25.6 Å². The topological polar surface area (TPSA) is 101 Å². The molecular formula is C30H41LiN2O4S. The molecule has 1 aliphatic carbocycles. The molecule has 2 aromatic carbocycles. The van der Waals surface area contributed by atoms with Crippen LogP contribution in [-0.2, 0) is 11.3 Å². The fraction of sp³-hybridized carbons (Fsp3) is 0.533. The van der Waals surface area contributed by atoms with Gasteiger partial charge in [0.25, 0.3) is 5.91 Å². The van der Waals surface area contributed by atoms with Crippen LogP contribution in [0.5, 0.6) is 0 Å². The second-order valence-corrected chi connectivity index (χ2v) is 11.1. The number of carboxylic acid groups (broad SMARTS) is 1. The first-order valence-corrected chi connectivity index (χ1v) is 14.9. The Hall–Kier alpha value is -1.75. The molecule has 38 heavy (non-hydrogen) atoms. The molecule has 2 atom stereocenters. The van der Waals surface area contributed by atoms with Crippen LogP contribution in [0.2, 0.25) is 0 Å². The summed E-state index contributed by atoms with van der Waals surface area (Å²) in [4.78, 5) is 24.9. The Labute approximate surface area is 243 Å². The number of aliphatic hydroxyl groups excluding tert-OH is 1. The smallest absolute Gasteiger partial charge is 0.548 e. The minimum atomic E-state index is -1.27. The van der Waals surface area contributed by atoms with Crippen LogP contribution >= 0.6 is 11.8 Å². The fourth-order valence-corrected chi connectivity index (χ4v) is 5.74. The van der Waals surface area contributed by atoms with Gasteiger partial charge in [-0.15, -0.1) is 0 Å². The number of nitrogens with one attached hydrogen (secondary N) is 2. The Bertz CT molecular complexity index is 1030. The van der Waals surface area contributed by atoms with Crippen LogP contribution in [0.3, 0.4) is 0 Å². The molecule has 3 N–H and O–H groups in total. The standard InChI is InChI=1S/C30H42N2O4S.Li/c1-21-8-6-7-11-25(21)27-19-23(20-31-24(14-16-33)18-22-9-4-3-5-10-22)12-13-26(27)29(34)32-28(30(35)36)15-17-37-2;/h6-8,11-13,19,22,24,28,31,33H,3-5,9-10,14-18,20H2,1-2H3,(H,32,34)(H,35,36);/q;+1/p-1/t24-,28+;/m1./s1. The molecule has 1 fully saturated rings. The summed E-state index contributed by atoms with van der Waals surface area (Å²) in [5.41, 5.74) is 4.25. The van der Waals surface area contributed by atoms with Crippen molar-refractivity contribution in [2.75, 3.05) is 18.6 Å². The molecule has 0 aliphatic heterocycles. The van der Waals surface area contributed by atoms with Crippen molar-refractivity contribution in [3.63, 3.8) is 0 Å². The molecule has 0 bridgehead atoms. The van der Waals surface area contributed by atoms with Gasteiger partial charge in [-0.05, 0) is 78.5 Å². The van der Waals surface area contributed by atoms with E-state index in [9.17, 15) is 19.8 Å². The summed E-state index contributed by atoms with van der Waals surface area (Å²) in [7, 11) is 0. The first-order chi connectivity index (χ1) is 17.9. The summed E-state index contributed by atoms with van der Waals surface area (Å²) in [6.07, 6.45) is 10.5. The molecular weight excluding hydrogens is 491 g/mol. The minimum Gasteiger partial charge on any atom is -0.548 e. The fourth-order valence-electron chi connectivity index (χ4n) is 5.26. The van der Waals surface area contributed by atoms with E-state index in [4.69, 9.17) is 0 Å².